The van der Waals surface area contributed by atoms with E-state index in [4.69, 9.17) is 4.74 Å². The minimum Gasteiger partial charge on any atom is -0.463 e. The van der Waals surface area contributed by atoms with Gasteiger partial charge < -0.3 is 20.1 Å². The third-order valence-electron chi connectivity index (χ3n) is 6.13. The second kappa shape index (κ2) is 12.4. The summed E-state index contributed by atoms with van der Waals surface area (Å²) in [6.07, 6.45) is 8.48. The summed E-state index contributed by atoms with van der Waals surface area (Å²) in [6, 6.07) is 9.17. The molecule has 2 aliphatic rings. The first-order chi connectivity index (χ1) is 15.6. The highest BCUT2D eigenvalue weighted by molar-refractivity contribution is 5.86. The third kappa shape index (κ3) is 7.19. The number of hydrogen-bond acceptors (Lipinski definition) is 5. The largest absolute Gasteiger partial charge is 0.463 e. The Labute approximate surface area is 189 Å². The summed E-state index contributed by atoms with van der Waals surface area (Å²) in [5, 5.41) is 12.6. The molecule has 0 radical (unpaired) electrons. The Morgan fingerprint density at radius 2 is 2.00 bits per heavy atom. The number of benzene rings is 1. The van der Waals surface area contributed by atoms with Crippen molar-refractivity contribution in [2.75, 3.05) is 19.8 Å². The van der Waals surface area contributed by atoms with Crippen molar-refractivity contribution in [2.24, 2.45) is 5.92 Å². The lowest BCUT2D eigenvalue weighted by Gasteiger charge is -2.28. The Morgan fingerprint density at radius 1 is 1.19 bits per heavy atom. The van der Waals surface area contributed by atoms with Gasteiger partial charge in [-0.25, -0.2) is 0 Å². The van der Waals surface area contributed by atoms with Crippen LogP contribution in [-0.2, 0) is 25.5 Å². The Bertz CT molecular complexity index is 795. The standard InChI is InChI=1S/C25H34N2O5/c28-17-21(15-19-9-4-3-5-10-19)26-23(29)16-20-11-6-1-2-7-13-24(30)32-18-22-12-8-14-27(22)25(20)31/h1,3-6,9-10,20-22,28H,2,7-8,11-18H2,(H,26,29)/b6-1+/t20-,21+,22-/m0/s1. The van der Waals surface area contributed by atoms with Crippen molar-refractivity contribution < 1.29 is 24.2 Å². The van der Waals surface area contributed by atoms with Gasteiger partial charge in [0.2, 0.25) is 11.8 Å². The van der Waals surface area contributed by atoms with E-state index in [2.05, 4.69) is 5.32 Å². The molecular weight excluding hydrogens is 408 g/mol. The van der Waals surface area contributed by atoms with Crippen molar-refractivity contribution in [3.8, 4) is 0 Å². The number of fused-ring (bicyclic) bond motifs is 1. The molecule has 1 aromatic carbocycles. The lowest BCUT2D eigenvalue weighted by atomic mass is 9.97. The molecule has 2 amide bonds. The molecule has 2 aliphatic heterocycles. The highest BCUT2D eigenvalue weighted by Crippen LogP contribution is 2.24. The number of aliphatic hydroxyl groups excluding tert-OH is 1. The first-order valence-corrected chi connectivity index (χ1v) is 11.6. The average molecular weight is 443 g/mol. The molecule has 2 N–H and O–H groups in total. The highest BCUT2D eigenvalue weighted by atomic mass is 16.5. The monoisotopic (exact) mass is 442 g/mol. The molecule has 0 aromatic heterocycles. The van der Waals surface area contributed by atoms with E-state index in [0.29, 0.717) is 32.2 Å². The number of nitrogens with zero attached hydrogens (tertiary/aromatic N) is 1. The highest BCUT2D eigenvalue weighted by Gasteiger charge is 2.34. The molecule has 1 saturated heterocycles. The van der Waals surface area contributed by atoms with E-state index in [1.807, 2.05) is 42.5 Å². The van der Waals surface area contributed by atoms with Gasteiger partial charge in [0.05, 0.1) is 24.6 Å². The van der Waals surface area contributed by atoms with Gasteiger partial charge >= 0.3 is 5.97 Å². The average Bonchev–Trinajstić information content (AvgIpc) is 3.27. The summed E-state index contributed by atoms with van der Waals surface area (Å²) in [7, 11) is 0. The number of esters is 1. The molecule has 32 heavy (non-hydrogen) atoms. The predicted molar refractivity (Wildman–Crippen MR) is 121 cm³/mol. The van der Waals surface area contributed by atoms with E-state index in [0.717, 1.165) is 24.8 Å². The molecular formula is C25H34N2O5. The maximum Gasteiger partial charge on any atom is 0.305 e. The van der Waals surface area contributed by atoms with E-state index in [-0.39, 0.29) is 43.5 Å². The molecule has 0 spiro atoms. The zero-order chi connectivity index (χ0) is 22.8. The first-order valence-electron chi connectivity index (χ1n) is 11.6. The maximum absolute atomic E-state index is 13.3. The minimum atomic E-state index is -0.473. The minimum absolute atomic E-state index is 0.0637. The summed E-state index contributed by atoms with van der Waals surface area (Å²) in [6.45, 7) is 0.676. The van der Waals surface area contributed by atoms with Crippen LogP contribution in [0.25, 0.3) is 0 Å². The van der Waals surface area contributed by atoms with Gasteiger partial charge in [0.15, 0.2) is 0 Å². The van der Waals surface area contributed by atoms with Gasteiger partial charge in [0, 0.05) is 19.4 Å². The number of allylic oxidation sites excluding steroid dienone is 2. The van der Waals surface area contributed by atoms with Crippen LogP contribution in [0.1, 0.15) is 50.5 Å². The van der Waals surface area contributed by atoms with E-state index < -0.39 is 12.0 Å². The molecule has 1 fully saturated rings. The van der Waals surface area contributed by atoms with Gasteiger partial charge in [-0.05, 0) is 44.1 Å². The number of cyclic esters (lactones) is 1. The van der Waals surface area contributed by atoms with E-state index in [1.54, 1.807) is 4.90 Å². The number of carbonyl (C=O) groups is 3. The molecule has 0 unspecified atom stereocenters. The molecule has 0 bridgehead atoms. The number of ether oxygens (including phenoxy) is 1. The van der Waals surface area contributed by atoms with Crippen molar-refractivity contribution in [3.63, 3.8) is 0 Å². The van der Waals surface area contributed by atoms with Gasteiger partial charge in [0.25, 0.3) is 0 Å². The topological polar surface area (TPSA) is 95.9 Å². The smallest absolute Gasteiger partial charge is 0.305 e. The van der Waals surface area contributed by atoms with Crippen LogP contribution in [0.15, 0.2) is 42.5 Å². The molecule has 7 nitrogen and oxygen atoms in total. The summed E-state index contributed by atoms with van der Waals surface area (Å²) in [5.74, 6) is -0.995. The molecule has 2 heterocycles. The molecule has 0 saturated carbocycles. The summed E-state index contributed by atoms with van der Waals surface area (Å²) < 4.78 is 5.39. The number of aliphatic hydroxyl groups is 1. The van der Waals surface area contributed by atoms with Gasteiger partial charge in [0.1, 0.15) is 6.61 Å². The summed E-state index contributed by atoms with van der Waals surface area (Å²) in [5.41, 5.74) is 1.03. The van der Waals surface area contributed by atoms with Crippen LogP contribution in [-0.4, -0.2) is 59.6 Å². The van der Waals surface area contributed by atoms with Crippen LogP contribution < -0.4 is 5.32 Å². The lowest BCUT2D eigenvalue weighted by Crippen LogP contribution is -2.45. The Hall–Kier alpha value is -2.67. The molecule has 174 valence electrons. The van der Waals surface area contributed by atoms with Gasteiger partial charge in [-0.15, -0.1) is 0 Å². The first kappa shape index (κ1) is 24.0. The zero-order valence-corrected chi connectivity index (χ0v) is 18.6. The zero-order valence-electron chi connectivity index (χ0n) is 18.6. The van der Waals surface area contributed by atoms with Gasteiger partial charge in [-0.3, -0.25) is 14.4 Å². The van der Waals surface area contributed by atoms with Crippen LogP contribution in [0.3, 0.4) is 0 Å². The van der Waals surface area contributed by atoms with Crippen molar-refractivity contribution >= 4 is 17.8 Å². The Balaban J connectivity index is 1.65. The van der Waals surface area contributed by atoms with Crippen molar-refractivity contribution in [3.05, 3.63) is 48.0 Å². The fourth-order valence-corrected chi connectivity index (χ4v) is 4.38. The Kier molecular flexibility index (Phi) is 9.28. The third-order valence-corrected chi connectivity index (χ3v) is 6.13. The quantitative estimate of drug-likeness (QED) is 0.521. The molecule has 1 aromatic rings. The van der Waals surface area contributed by atoms with Crippen LogP contribution in [0.5, 0.6) is 0 Å². The van der Waals surface area contributed by atoms with Crippen LogP contribution in [0.4, 0.5) is 0 Å². The Morgan fingerprint density at radius 3 is 2.78 bits per heavy atom. The second-order valence-electron chi connectivity index (χ2n) is 8.65. The van der Waals surface area contributed by atoms with Crippen molar-refractivity contribution in [1.82, 2.24) is 10.2 Å². The number of rotatable bonds is 6. The number of hydrogen-bond donors (Lipinski definition) is 2. The van der Waals surface area contributed by atoms with Crippen LogP contribution in [0, 0.1) is 5.92 Å². The van der Waals surface area contributed by atoms with E-state index >= 15 is 0 Å². The van der Waals surface area contributed by atoms with Gasteiger partial charge in [-0.2, -0.15) is 0 Å². The lowest BCUT2D eigenvalue weighted by molar-refractivity contribution is -0.148. The second-order valence-corrected chi connectivity index (χ2v) is 8.65. The molecule has 3 atom stereocenters. The van der Waals surface area contributed by atoms with Crippen molar-refractivity contribution in [1.29, 1.82) is 0 Å². The van der Waals surface area contributed by atoms with E-state index in [9.17, 15) is 19.5 Å². The number of nitrogens with one attached hydrogen (secondary N) is 1. The van der Waals surface area contributed by atoms with E-state index in [1.165, 1.54) is 0 Å². The van der Waals surface area contributed by atoms with Gasteiger partial charge in [-0.1, -0.05) is 42.5 Å². The van der Waals surface area contributed by atoms with Crippen LogP contribution in [0.2, 0.25) is 0 Å². The fourth-order valence-electron chi connectivity index (χ4n) is 4.38. The normalized spacial score (nSPS) is 24.3. The number of carbonyl (C=O) groups excluding carboxylic acids is 3. The van der Waals surface area contributed by atoms with Crippen LogP contribution >= 0.6 is 0 Å². The summed E-state index contributed by atoms with van der Waals surface area (Å²) in [4.78, 5) is 39.8. The molecule has 7 heteroatoms. The van der Waals surface area contributed by atoms with Crippen molar-refractivity contribution in [2.45, 2.75) is 63.5 Å². The molecule has 0 aliphatic carbocycles. The summed E-state index contributed by atoms with van der Waals surface area (Å²) >= 11 is 0. The number of amides is 2. The maximum atomic E-state index is 13.3. The predicted octanol–water partition coefficient (Wildman–Crippen LogP) is 2.38. The SMILES string of the molecule is O=C(C[C@@H]1C/C=C/CCCC(=O)OC[C@@H]2CCCN2C1=O)N[C@@H](CO)Cc1ccccc1. The molecule has 3 rings (SSSR count). The fraction of sp³-hybridized carbons (Fsp3) is 0.560.